The van der Waals surface area contributed by atoms with Gasteiger partial charge in [-0.25, -0.2) is 8.78 Å². The number of amides is 2. The second-order valence-corrected chi connectivity index (χ2v) is 6.49. The topological polar surface area (TPSA) is 49.4 Å². The van der Waals surface area contributed by atoms with Crippen LogP contribution in [0.3, 0.4) is 0 Å². The Hall–Kier alpha value is -2.76. The second-order valence-electron chi connectivity index (χ2n) is 6.49. The zero-order valence-corrected chi connectivity index (χ0v) is 15.0. The molecule has 0 aliphatic carbocycles. The highest BCUT2D eigenvalue weighted by atomic mass is 19.1. The molecule has 4 nitrogen and oxygen atoms in total. The molecule has 26 heavy (non-hydrogen) atoms. The normalized spacial score (nSPS) is 11.9. The summed E-state index contributed by atoms with van der Waals surface area (Å²) in [5, 5.41) is 2.69. The Balaban J connectivity index is 2.10. The molecule has 2 amide bonds. The van der Waals surface area contributed by atoms with Crippen molar-refractivity contribution in [1.82, 2.24) is 10.2 Å². The number of hydrogen-bond acceptors (Lipinski definition) is 2. The number of likely N-dealkylation sites (N-methyl/N-ethyl adjacent to an activating group) is 1. The Morgan fingerprint density at radius 1 is 1.04 bits per heavy atom. The van der Waals surface area contributed by atoms with Gasteiger partial charge in [0.2, 0.25) is 5.91 Å². The molecule has 2 aromatic rings. The molecule has 2 aromatic carbocycles. The van der Waals surface area contributed by atoms with Crippen LogP contribution in [0.15, 0.2) is 48.5 Å². The first-order valence-electron chi connectivity index (χ1n) is 8.34. The Morgan fingerprint density at radius 2 is 1.65 bits per heavy atom. The van der Waals surface area contributed by atoms with Crippen molar-refractivity contribution >= 4 is 11.8 Å². The van der Waals surface area contributed by atoms with Crippen molar-refractivity contribution in [3.05, 3.63) is 71.3 Å². The summed E-state index contributed by atoms with van der Waals surface area (Å²) in [5.41, 5.74) is 0.664. The summed E-state index contributed by atoms with van der Waals surface area (Å²) in [4.78, 5) is 26.5. The van der Waals surface area contributed by atoms with Gasteiger partial charge in [0.05, 0.1) is 0 Å². The molecule has 0 radical (unpaired) electrons. The lowest BCUT2D eigenvalue weighted by atomic mass is 10.0. The van der Waals surface area contributed by atoms with Crippen molar-refractivity contribution < 1.29 is 18.4 Å². The van der Waals surface area contributed by atoms with Crippen molar-refractivity contribution in [3.8, 4) is 0 Å². The molecule has 1 atom stereocenters. The fourth-order valence-corrected chi connectivity index (χ4v) is 2.54. The minimum Gasteiger partial charge on any atom is -0.340 e. The Labute approximate surface area is 151 Å². The molecule has 0 aliphatic heterocycles. The minimum absolute atomic E-state index is 0.0984. The van der Waals surface area contributed by atoms with Gasteiger partial charge in [0.15, 0.2) is 0 Å². The number of nitrogens with one attached hydrogen (secondary N) is 1. The predicted octanol–water partition coefficient (Wildman–Crippen LogP) is 3.38. The third-order valence-electron chi connectivity index (χ3n) is 4.07. The molecule has 2 rings (SSSR count). The number of carbonyl (C=O) groups is 2. The van der Waals surface area contributed by atoms with Gasteiger partial charge in [-0.3, -0.25) is 9.59 Å². The van der Waals surface area contributed by atoms with Crippen LogP contribution in [0.1, 0.15) is 29.8 Å². The van der Waals surface area contributed by atoms with Crippen LogP contribution in [0.4, 0.5) is 8.78 Å². The van der Waals surface area contributed by atoms with Crippen LogP contribution in [-0.2, 0) is 11.3 Å². The van der Waals surface area contributed by atoms with E-state index < -0.39 is 17.8 Å². The summed E-state index contributed by atoms with van der Waals surface area (Å²) in [7, 11) is 1.56. The van der Waals surface area contributed by atoms with Crippen LogP contribution >= 0.6 is 0 Å². The zero-order valence-electron chi connectivity index (χ0n) is 15.0. The maximum absolute atomic E-state index is 13.8. The first-order valence-corrected chi connectivity index (χ1v) is 8.34. The number of carbonyl (C=O) groups excluding carboxylic acids is 2. The lowest BCUT2D eigenvalue weighted by Crippen LogP contribution is -2.50. The van der Waals surface area contributed by atoms with E-state index in [1.807, 2.05) is 13.8 Å². The van der Waals surface area contributed by atoms with E-state index in [1.54, 1.807) is 25.2 Å². The average Bonchev–Trinajstić information content (AvgIpc) is 2.61. The van der Waals surface area contributed by atoms with E-state index >= 15 is 0 Å². The molecule has 1 unspecified atom stereocenters. The quantitative estimate of drug-likeness (QED) is 0.859. The summed E-state index contributed by atoms with van der Waals surface area (Å²) in [6.45, 7) is 3.72. The Bertz CT molecular complexity index is 776. The third-order valence-corrected chi connectivity index (χ3v) is 4.07. The fourth-order valence-electron chi connectivity index (χ4n) is 2.54. The largest absolute Gasteiger partial charge is 0.340 e. The summed E-state index contributed by atoms with van der Waals surface area (Å²) < 4.78 is 26.8. The zero-order chi connectivity index (χ0) is 19.3. The molecular formula is C20H22F2N2O2. The first-order chi connectivity index (χ1) is 12.3. The number of rotatable bonds is 6. The molecule has 0 spiro atoms. The monoisotopic (exact) mass is 360 g/mol. The first kappa shape index (κ1) is 19.6. The van der Waals surface area contributed by atoms with Crippen molar-refractivity contribution in [2.75, 3.05) is 7.05 Å². The third kappa shape index (κ3) is 4.88. The summed E-state index contributed by atoms with van der Waals surface area (Å²) in [5.74, 6) is -1.78. The van der Waals surface area contributed by atoms with Gasteiger partial charge < -0.3 is 10.2 Å². The maximum Gasteiger partial charge on any atom is 0.251 e. The van der Waals surface area contributed by atoms with E-state index in [0.717, 1.165) is 0 Å². The van der Waals surface area contributed by atoms with Gasteiger partial charge in [0.1, 0.15) is 17.7 Å². The van der Waals surface area contributed by atoms with Crippen LogP contribution in [0, 0.1) is 17.6 Å². The van der Waals surface area contributed by atoms with Gasteiger partial charge in [-0.1, -0.05) is 32.0 Å². The molecule has 0 heterocycles. The van der Waals surface area contributed by atoms with Crippen molar-refractivity contribution in [1.29, 1.82) is 0 Å². The molecule has 1 N–H and O–H groups in total. The van der Waals surface area contributed by atoms with Gasteiger partial charge in [0.25, 0.3) is 5.91 Å². The van der Waals surface area contributed by atoms with Gasteiger partial charge in [-0.05, 0) is 36.2 Å². The number of benzene rings is 2. The van der Waals surface area contributed by atoms with Crippen molar-refractivity contribution in [3.63, 3.8) is 0 Å². The molecule has 6 heteroatoms. The van der Waals surface area contributed by atoms with Crippen molar-refractivity contribution in [2.24, 2.45) is 5.92 Å². The van der Waals surface area contributed by atoms with Crippen LogP contribution in [0.5, 0.6) is 0 Å². The second kappa shape index (κ2) is 8.56. The van der Waals surface area contributed by atoms with Gasteiger partial charge in [0, 0.05) is 24.7 Å². The van der Waals surface area contributed by atoms with Crippen molar-refractivity contribution in [2.45, 2.75) is 26.4 Å². The van der Waals surface area contributed by atoms with Crippen LogP contribution < -0.4 is 5.32 Å². The standard InChI is InChI=1S/C20H22F2N2O2/c1-13(2)18(23-19(25)14-8-10-16(21)11-9-14)20(26)24(3)12-15-6-4-5-7-17(15)22/h4-11,13,18H,12H2,1-3H3,(H,23,25). The Morgan fingerprint density at radius 3 is 2.23 bits per heavy atom. The van der Waals surface area contributed by atoms with Gasteiger partial charge in [-0.15, -0.1) is 0 Å². The molecule has 0 aromatic heterocycles. The predicted molar refractivity (Wildman–Crippen MR) is 95.4 cm³/mol. The average molecular weight is 360 g/mol. The number of nitrogens with zero attached hydrogens (tertiary/aromatic N) is 1. The van der Waals surface area contributed by atoms with E-state index in [1.165, 1.54) is 35.2 Å². The summed E-state index contributed by atoms with van der Waals surface area (Å²) >= 11 is 0. The van der Waals surface area contributed by atoms with Gasteiger partial charge in [-0.2, -0.15) is 0 Å². The molecule has 0 bridgehead atoms. The smallest absolute Gasteiger partial charge is 0.251 e. The fraction of sp³-hybridized carbons (Fsp3) is 0.300. The summed E-state index contributed by atoms with van der Waals surface area (Å²) in [6.07, 6.45) is 0. The molecule has 0 fully saturated rings. The minimum atomic E-state index is -0.774. The summed E-state index contributed by atoms with van der Waals surface area (Å²) in [6, 6.07) is 10.5. The SMILES string of the molecule is CC(C)C(NC(=O)c1ccc(F)cc1)C(=O)N(C)Cc1ccccc1F. The lowest BCUT2D eigenvalue weighted by molar-refractivity contribution is -0.133. The Kier molecular flexibility index (Phi) is 6.44. The molecule has 0 saturated carbocycles. The highest BCUT2D eigenvalue weighted by molar-refractivity contribution is 5.97. The van der Waals surface area contributed by atoms with Crippen LogP contribution in [0.25, 0.3) is 0 Å². The lowest BCUT2D eigenvalue weighted by Gasteiger charge is -2.27. The van der Waals surface area contributed by atoms with E-state index in [9.17, 15) is 18.4 Å². The molecule has 0 aliphatic rings. The molecular weight excluding hydrogens is 338 g/mol. The van der Waals surface area contributed by atoms with Crippen LogP contribution in [0.2, 0.25) is 0 Å². The number of hydrogen-bond donors (Lipinski definition) is 1. The molecule has 138 valence electrons. The highest BCUT2D eigenvalue weighted by Gasteiger charge is 2.27. The van der Waals surface area contributed by atoms with E-state index in [-0.39, 0.29) is 29.8 Å². The van der Waals surface area contributed by atoms with Gasteiger partial charge >= 0.3 is 0 Å². The number of halogens is 2. The van der Waals surface area contributed by atoms with E-state index in [2.05, 4.69) is 5.32 Å². The highest BCUT2D eigenvalue weighted by Crippen LogP contribution is 2.13. The maximum atomic E-state index is 13.8. The van der Waals surface area contributed by atoms with Crippen LogP contribution in [-0.4, -0.2) is 29.8 Å². The molecule has 0 saturated heterocycles. The van der Waals surface area contributed by atoms with E-state index in [0.29, 0.717) is 5.56 Å². The van der Waals surface area contributed by atoms with E-state index in [4.69, 9.17) is 0 Å².